The van der Waals surface area contributed by atoms with E-state index in [2.05, 4.69) is 20.9 Å². The Bertz CT molecular complexity index is 256. The van der Waals surface area contributed by atoms with Gasteiger partial charge in [0.1, 0.15) is 0 Å². The first kappa shape index (κ1) is 16.6. The molecule has 0 aromatic rings. The molecule has 0 aromatic carbocycles. The third-order valence-electron chi connectivity index (χ3n) is 4.43. The van der Waals surface area contributed by atoms with E-state index in [1.807, 2.05) is 0 Å². The molecule has 7 heteroatoms. The summed E-state index contributed by atoms with van der Waals surface area (Å²) >= 11 is 0. The van der Waals surface area contributed by atoms with E-state index in [0.29, 0.717) is 18.1 Å². The van der Waals surface area contributed by atoms with E-state index in [9.17, 15) is 0 Å². The molecule has 7 nitrogen and oxygen atoms in total. The highest BCUT2D eigenvalue weighted by Gasteiger charge is 2.24. The van der Waals surface area contributed by atoms with Gasteiger partial charge in [0.2, 0.25) is 0 Å². The van der Waals surface area contributed by atoms with Crippen molar-refractivity contribution >= 4 is 0 Å². The van der Waals surface area contributed by atoms with E-state index in [-0.39, 0.29) is 0 Å². The molecule has 3 aliphatic rings. The summed E-state index contributed by atoms with van der Waals surface area (Å²) in [6.07, 6.45) is 0. The van der Waals surface area contributed by atoms with Gasteiger partial charge in [-0.2, -0.15) is 0 Å². The number of nitrogens with one attached hydrogen (secondary N) is 3. The lowest BCUT2D eigenvalue weighted by atomic mass is 10.1. The topological polar surface area (TPSA) is 67.0 Å². The maximum absolute atomic E-state index is 5.59. The Morgan fingerprint density at radius 3 is 1.27 bits per heavy atom. The third-order valence-corrected chi connectivity index (χ3v) is 4.43. The minimum atomic E-state index is 0.419. The van der Waals surface area contributed by atoms with Gasteiger partial charge >= 0.3 is 0 Å². The molecule has 0 spiro atoms. The van der Waals surface area contributed by atoms with Gasteiger partial charge in [0.25, 0.3) is 0 Å². The van der Waals surface area contributed by atoms with Crippen molar-refractivity contribution in [1.29, 1.82) is 0 Å². The minimum absolute atomic E-state index is 0.419. The van der Waals surface area contributed by atoms with Gasteiger partial charge in [-0.15, -0.1) is 0 Å². The Morgan fingerprint density at radius 1 is 0.636 bits per heavy atom. The molecule has 0 aliphatic carbocycles. The van der Waals surface area contributed by atoms with Crippen LogP contribution in [-0.2, 0) is 14.2 Å². The van der Waals surface area contributed by atoms with Gasteiger partial charge in [-0.05, 0) is 0 Å². The van der Waals surface area contributed by atoms with E-state index < -0.39 is 0 Å². The van der Waals surface area contributed by atoms with E-state index in [0.717, 1.165) is 78.9 Å². The second-order valence-corrected chi connectivity index (χ2v) is 6.40. The van der Waals surface area contributed by atoms with Crippen molar-refractivity contribution in [2.75, 3.05) is 78.9 Å². The molecular weight excluding hydrogens is 284 g/mol. The smallest absolute Gasteiger partial charge is 0.0632 e. The Balaban J connectivity index is 1.50. The van der Waals surface area contributed by atoms with Crippen molar-refractivity contribution in [2.45, 2.75) is 18.1 Å². The molecule has 128 valence electrons. The maximum atomic E-state index is 5.59. The molecule has 3 atom stereocenters. The zero-order valence-corrected chi connectivity index (χ0v) is 13.4. The standard InChI is InChI=1S/C15H30N4O3/c1-4-20-10-13(16-1)7-19(8-14-11-21-5-2-17-14)9-15-12-22-6-3-18-15/h13-18H,1-12H2. The van der Waals surface area contributed by atoms with E-state index in [4.69, 9.17) is 14.2 Å². The molecule has 3 unspecified atom stereocenters. The summed E-state index contributed by atoms with van der Waals surface area (Å²) in [7, 11) is 0. The Morgan fingerprint density at radius 2 is 1.00 bits per heavy atom. The SMILES string of the molecule is C1COCC(CN(CC2COCCN2)CC2COCCN2)N1. The number of hydrogen-bond donors (Lipinski definition) is 3. The summed E-state index contributed by atoms with van der Waals surface area (Å²) in [5, 5.41) is 10.7. The predicted octanol–water partition coefficient (Wildman–Crippen LogP) is -1.75. The van der Waals surface area contributed by atoms with Crippen molar-refractivity contribution < 1.29 is 14.2 Å². The van der Waals surface area contributed by atoms with Crippen LogP contribution >= 0.6 is 0 Å². The van der Waals surface area contributed by atoms with Crippen molar-refractivity contribution in [2.24, 2.45) is 0 Å². The lowest BCUT2D eigenvalue weighted by molar-refractivity contribution is 0.0277. The molecule has 3 rings (SSSR count). The molecular formula is C15H30N4O3. The molecule has 0 saturated carbocycles. The number of rotatable bonds is 6. The van der Waals surface area contributed by atoms with E-state index in [1.165, 1.54) is 0 Å². The first-order valence-electron chi connectivity index (χ1n) is 8.56. The summed E-state index contributed by atoms with van der Waals surface area (Å²) in [6.45, 7) is 10.8. The number of nitrogens with zero attached hydrogens (tertiary/aromatic N) is 1. The highest BCUT2D eigenvalue weighted by molar-refractivity contribution is 4.83. The minimum Gasteiger partial charge on any atom is -0.378 e. The van der Waals surface area contributed by atoms with E-state index in [1.54, 1.807) is 0 Å². The molecule has 3 saturated heterocycles. The largest absolute Gasteiger partial charge is 0.378 e. The third kappa shape index (κ3) is 5.42. The van der Waals surface area contributed by atoms with Crippen LogP contribution in [0.4, 0.5) is 0 Å². The summed E-state index contributed by atoms with van der Waals surface area (Å²) in [5.41, 5.74) is 0. The van der Waals surface area contributed by atoms with Crippen LogP contribution in [0.3, 0.4) is 0 Å². The molecule has 3 fully saturated rings. The molecule has 3 N–H and O–H groups in total. The van der Waals surface area contributed by atoms with Crippen LogP contribution in [0, 0.1) is 0 Å². The number of ether oxygens (including phenoxy) is 3. The fourth-order valence-electron chi connectivity index (χ4n) is 3.37. The average molecular weight is 314 g/mol. The van der Waals surface area contributed by atoms with Gasteiger partial charge in [-0.25, -0.2) is 0 Å². The van der Waals surface area contributed by atoms with Crippen molar-refractivity contribution in [1.82, 2.24) is 20.9 Å². The zero-order chi connectivity index (χ0) is 15.0. The van der Waals surface area contributed by atoms with Crippen LogP contribution in [0.25, 0.3) is 0 Å². The Hall–Kier alpha value is -0.280. The summed E-state index contributed by atoms with van der Waals surface area (Å²) in [6, 6.07) is 1.26. The van der Waals surface area contributed by atoms with Gasteiger partial charge < -0.3 is 30.2 Å². The molecule has 22 heavy (non-hydrogen) atoms. The molecule has 3 heterocycles. The Labute approximate surface area is 133 Å². The highest BCUT2D eigenvalue weighted by Crippen LogP contribution is 2.05. The molecule has 0 aromatic heterocycles. The van der Waals surface area contributed by atoms with E-state index >= 15 is 0 Å². The van der Waals surface area contributed by atoms with Crippen LogP contribution in [0.2, 0.25) is 0 Å². The summed E-state index contributed by atoms with van der Waals surface area (Å²) < 4.78 is 16.8. The van der Waals surface area contributed by atoms with Crippen LogP contribution in [0.1, 0.15) is 0 Å². The Kier molecular flexibility index (Phi) is 6.87. The zero-order valence-electron chi connectivity index (χ0n) is 13.4. The highest BCUT2D eigenvalue weighted by atomic mass is 16.5. The van der Waals surface area contributed by atoms with Gasteiger partial charge in [0.15, 0.2) is 0 Å². The number of hydrogen-bond acceptors (Lipinski definition) is 7. The fraction of sp³-hybridized carbons (Fsp3) is 1.00. The van der Waals surface area contributed by atoms with Gasteiger partial charge in [-0.3, -0.25) is 4.90 Å². The first-order chi connectivity index (χ1) is 10.9. The second kappa shape index (κ2) is 9.12. The van der Waals surface area contributed by atoms with Crippen molar-refractivity contribution in [3.05, 3.63) is 0 Å². The molecule has 3 aliphatic heterocycles. The predicted molar refractivity (Wildman–Crippen MR) is 84.3 cm³/mol. The van der Waals surface area contributed by atoms with Crippen molar-refractivity contribution in [3.8, 4) is 0 Å². The lowest BCUT2D eigenvalue weighted by Crippen LogP contribution is -2.57. The fourth-order valence-corrected chi connectivity index (χ4v) is 3.37. The summed E-state index contributed by atoms with van der Waals surface area (Å²) in [4.78, 5) is 2.52. The summed E-state index contributed by atoms with van der Waals surface area (Å²) in [5.74, 6) is 0. The first-order valence-corrected chi connectivity index (χ1v) is 8.56. The normalized spacial score (nSPS) is 34.0. The van der Waals surface area contributed by atoms with Crippen LogP contribution in [-0.4, -0.2) is 102 Å². The van der Waals surface area contributed by atoms with Crippen LogP contribution in [0.5, 0.6) is 0 Å². The molecule has 0 amide bonds. The lowest BCUT2D eigenvalue weighted by Gasteiger charge is -2.37. The molecule has 0 radical (unpaired) electrons. The van der Waals surface area contributed by atoms with Crippen LogP contribution < -0.4 is 16.0 Å². The number of morpholine rings is 3. The van der Waals surface area contributed by atoms with Crippen LogP contribution in [0.15, 0.2) is 0 Å². The van der Waals surface area contributed by atoms with Gasteiger partial charge in [-0.1, -0.05) is 0 Å². The maximum Gasteiger partial charge on any atom is 0.0632 e. The van der Waals surface area contributed by atoms with Gasteiger partial charge in [0.05, 0.1) is 39.6 Å². The molecule has 0 bridgehead atoms. The average Bonchev–Trinajstić information content (AvgIpc) is 2.57. The quantitative estimate of drug-likeness (QED) is 0.537. The monoisotopic (exact) mass is 314 g/mol. The second-order valence-electron chi connectivity index (χ2n) is 6.40. The van der Waals surface area contributed by atoms with Crippen molar-refractivity contribution in [3.63, 3.8) is 0 Å². The van der Waals surface area contributed by atoms with Gasteiger partial charge in [0, 0.05) is 57.4 Å².